The monoisotopic (exact) mass is 288 g/mol. The van der Waals surface area contributed by atoms with Crippen LogP contribution in [0.5, 0.6) is 0 Å². The highest BCUT2D eigenvalue weighted by atomic mass is 16.4. The van der Waals surface area contributed by atoms with Crippen LogP contribution in [0.1, 0.15) is 35.2 Å². The molecule has 0 radical (unpaired) electrons. The van der Waals surface area contributed by atoms with Crippen LogP contribution in [-0.2, 0) is 4.79 Å². The van der Waals surface area contributed by atoms with Crippen molar-refractivity contribution in [1.82, 2.24) is 5.32 Å². The van der Waals surface area contributed by atoms with Crippen LogP contribution in [0.15, 0.2) is 18.2 Å². The maximum Gasteiger partial charge on any atom is 0.308 e. The molecule has 0 aromatic heterocycles. The Kier molecular flexibility index (Phi) is 3.35. The quantitative estimate of drug-likeness (QED) is 0.739. The van der Waals surface area contributed by atoms with E-state index in [0.29, 0.717) is 17.2 Å². The summed E-state index contributed by atoms with van der Waals surface area (Å²) in [6.45, 7) is 1.88. The first-order valence-corrected chi connectivity index (χ1v) is 7.37. The largest absolute Gasteiger partial charge is 0.481 e. The Bertz CT molecular complexity index is 599. The predicted molar refractivity (Wildman–Crippen MR) is 78.8 cm³/mol. The van der Waals surface area contributed by atoms with Gasteiger partial charge in [-0.25, -0.2) is 0 Å². The fraction of sp³-hybridized carbons (Fsp3) is 0.500. The number of fused-ring (bicyclic) bond motifs is 2. The summed E-state index contributed by atoms with van der Waals surface area (Å²) >= 11 is 0. The van der Waals surface area contributed by atoms with Crippen LogP contribution >= 0.6 is 0 Å². The van der Waals surface area contributed by atoms with Gasteiger partial charge in [-0.3, -0.25) is 9.59 Å². The smallest absolute Gasteiger partial charge is 0.308 e. The number of rotatable bonds is 3. The second-order valence-electron chi connectivity index (χ2n) is 6.27. The number of hydrogen-bond acceptors (Lipinski definition) is 3. The lowest BCUT2D eigenvalue weighted by molar-refractivity contribution is -0.144. The van der Waals surface area contributed by atoms with Gasteiger partial charge in [-0.1, -0.05) is 6.07 Å². The number of carbonyl (C=O) groups excluding carboxylic acids is 1. The molecule has 2 aliphatic rings. The average Bonchev–Trinajstić information content (AvgIpc) is 3.02. The normalized spacial score (nSPS) is 30.3. The molecule has 5 nitrogen and oxygen atoms in total. The van der Waals surface area contributed by atoms with Gasteiger partial charge in [0.1, 0.15) is 0 Å². The maximum absolute atomic E-state index is 12.3. The Hall–Kier alpha value is -2.04. The summed E-state index contributed by atoms with van der Waals surface area (Å²) in [7, 11) is 0. The second kappa shape index (κ2) is 5.06. The lowest BCUT2D eigenvalue weighted by Crippen LogP contribution is -2.46. The van der Waals surface area contributed by atoms with Crippen molar-refractivity contribution in [3.05, 3.63) is 29.3 Å². The molecule has 4 unspecified atom stereocenters. The molecule has 21 heavy (non-hydrogen) atoms. The number of benzene rings is 1. The fourth-order valence-corrected chi connectivity index (χ4v) is 3.87. The summed E-state index contributed by atoms with van der Waals surface area (Å²) < 4.78 is 0. The molecule has 0 aliphatic heterocycles. The van der Waals surface area contributed by atoms with E-state index >= 15 is 0 Å². The van der Waals surface area contributed by atoms with Crippen LogP contribution in [0, 0.1) is 24.7 Å². The van der Waals surface area contributed by atoms with E-state index in [1.807, 2.05) is 6.92 Å². The van der Waals surface area contributed by atoms with E-state index in [2.05, 4.69) is 5.32 Å². The number of carbonyl (C=O) groups is 2. The summed E-state index contributed by atoms with van der Waals surface area (Å²) in [5, 5.41) is 12.3. The first kappa shape index (κ1) is 13.9. The summed E-state index contributed by atoms with van der Waals surface area (Å²) in [4.78, 5) is 23.8. The first-order valence-electron chi connectivity index (χ1n) is 7.37. The summed E-state index contributed by atoms with van der Waals surface area (Å²) in [6, 6.07) is 4.92. The van der Waals surface area contributed by atoms with Crippen LogP contribution < -0.4 is 11.1 Å². The van der Waals surface area contributed by atoms with Gasteiger partial charge in [0.25, 0.3) is 5.91 Å². The Morgan fingerprint density at radius 3 is 2.67 bits per heavy atom. The number of carboxylic acids is 1. The van der Waals surface area contributed by atoms with E-state index in [4.69, 9.17) is 5.73 Å². The third-order valence-corrected chi connectivity index (χ3v) is 5.04. The zero-order valence-corrected chi connectivity index (χ0v) is 12.0. The van der Waals surface area contributed by atoms with Gasteiger partial charge in [-0.15, -0.1) is 0 Å². The summed E-state index contributed by atoms with van der Waals surface area (Å²) in [5.74, 6) is -0.972. The first-order chi connectivity index (χ1) is 9.97. The number of nitrogens with one attached hydrogen (secondary N) is 1. The summed E-state index contributed by atoms with van der Waals surface area (Å²) in [6.07, 6.45) is 2.89. The molecule has 2 bridgehead atoms. The molecule has 112 valence electrons. The highest BCUT2D eigenvalue weighted by Gasteiger charge is 2.51. The summed E-state index contributed by atoms with van der Waals surface area (Å²) in [5.41, 5.74) is 7.82. The van der Waals surface area contributed by atoms with Gasteiger partial charge in [0, 0.05) is 17.3 Å². The number of nitrogens with two attached hydrogens (primary N) is 1. The Balaban J connectivity index is 1.77. The molecule has 2 fully saturated rings. The number of amides is 1. The molecule has 1 aromatic rings. The third-order valence-electron chi connectivity index (χ3n) is 5.04. The van der Waals surface area contributed by atoms with Gasteiger partial charge in [-0.05, 0) is 55.7 Å². The van der Waals surface area contributed by atoms with Crippen molar-refractivity contribution in [3.63, 3.8) is 0 Å². The molecule has 0 saturated heterocycles. The number of aryl methyl sites for hydroxylation is 1. The van der Waals surface area contributed by atoms with E-state index in [-0.39, 0.29) is 17.9 Å². The Labute approximate surface area is 123 Å². The number of hydrogen-bond donors (Lipinski definition) is 3. The van der Waals surface area contributed by atoms with Gasteiger partial charge >= 0.3 is 5.97 Å². The molecule has 4 atom stereocenters. The Morgan fingerprint density at radius 1 is 1.29 bits per heavy atom. The van der Waals surface area contributed by atoms with E-state index in [1.54, 1.807) is 18.2 Å². The van der Waals surface area contributed by atoms with E-state index in [1.165, 1.54) is 0 Å². The zero-order chi connectivity index (χ0) is 15.1. The van der Waals surface area contributed by atoms with Crippen molar-refractivity contribution >= 4 is 17.6 Å². The van der Waals surface area contributed by atoms with Crippen LogP contribution in [0.25, 0.3) is 0 Å². The van der Waals surface area contributed by atoms with E-state index < -0.39 is 11.9 Å². The number of aliphatic carboxylic acids is 1. The topological polar surface area (TPSA) is 92.4 Å². The van der Waals surface area contributed by atoms with Gasteiger partial charge in [-0.2, -0.15) is 0 Å². The molecular weight excluding hydrogens is 268 g/mol. The molecule has 0 heterocycles. The van der Waals surface area contributed by atoms with Crippen molar-refractivity contribution < 1.29 is 14.7 Å². The molecule has 0 spiro atoms. The van der Waals surface area contributed by atoms with Crippen LogP contribution in [0.4, 0.5) is 5.69 Å². The van der Waals surface area contributed by atoms with Crippen molar-refractivity contribution in [2.75, 3.05) is 5.73 Å². The molecule has 5 heteroatoms. The van der Waals surface area contributed by atoms with Crippen LogP contribution in [-0.4, -0.2) is 23.0 Å². The number of carboxylic acid groups (broad SMARTS) is 1. The highest BCUT2D eigenvalue weighted by Crippen LogP contribution is 2.48. The molecule has 2 saturated carbocycles. The van der Waals surface area contributed by atoms with E-state index in [0.717, 1.165) is 24.8 Å². The highest BCUT2D eigenvalue weighted by molar-refractivity contribution is 5.95. The SMILES string of the molecule is Cc1ccc(C(=O)NC2C3CCC(C3)C2C(=O)O)cc1N. The lowest BCUT2D eigenvalue weighted by Gasteiger charge is -2.28. The zero-order valence-electron chi connectivity index (χ0n) is 12.0. The minimum absolute atomic E-state index is 0.209. The standard InChI is InChI=1S/C16H20N2O3/c1-8-2-3-11(7-12(8)17)15(19)18-14-10-5-4-9(6-10)13(14)16(20)21/h2-3,7,9-10,13-14H,4-6,17H2,1H3,(H,18,19)(H,20,21). The van der Waals surface area contributed by atoms with Gasteiger partial charge in [0.15, 0.2) is 0 Å². The minimum Gasteiger partial charge on any atom is -0.481 e. The third kappa shape index (κ3) is 2.37. The molecule has 1 aromatic carbocycles. The van der Waals surface area contributed by atoms with Crippen molar-refractivity contribution in [2.24, 2.45) is 17.8 Å². The van der Waals surface area contributed by atoms with Crippen molar-refractivity contribution in [1.29, 1.82) is 0 Å². The van der Waals surface area contributed by atoms with E-state index in [9.17, 15) is 14.7 Å². The molecular formula is C16H20N2O3. The molecule has 3 rings (SSSR count). The average molecular weight is 288 g/mol. The van der Waals surface area contributed by atoms with Crippen molar-refractivity contribution in [3.8, 4) is 0 Å². The minimum atomic E-state index is -0.795. The second-order valence-corrected chi connectivity index (χ2v) is 6.27. The van der Waals surface area contributed by atoms with Crippen LogP contribution in [0.2, 0.25) is 0 Å². The van der Waals surface area contributed by atoms with Crippen molar-refractivity contribution in [2.45, 2.75) is 32.2 Å². The predicted octanol–water partition coefficient (Wildman–Crippen LogP) is 1.81. The number of anilines is 1. The van der Waals surface area contributed by atoms with Gasteiger partial charge in [0.05, 0.1) is 5.92 Å². The van der Waals surface area contributed by atoms with Gasteiger partial charge in [0.2, 0.25) is 0 Å². The molecule has 1 amide bonds. The Morgan fingerprint density at radius 2 is 2.00 bits per heavy atom. The molecule has 4 N–H and O–H groups in total. The van der Waals surface area contributed by atoms with Crippen LogP contribution in [0.3, 0.4) is 0 Å². The number of nitrogen functional groups attached to an aromatic ring is 1. The van der Waals surface area contributed by atoms with Gasteiger partial charge < -0.3 is 16.2 Å². The lowest BCUT2D eigenvalue weighted by atomic mass is 9.84. The fourth-order valence-electron chi connectivity index (χ4n) is 3.87. The maximum atomic E-state index is 12.3. The molecule has 2 aliphatic carbocycles.